The molecular formula is C13H17ClN2O3. The van der Waals surface area contributed by atoms with Gasteiger partial charge in [0.25, 0.3) is 0 Å². The number of anilines is 1. The van der Waals surface area contributed by atoms with Gasteiger partial charge in [-0.3, -0.25) is 4.79 Å². The minimum atomic E-state index is -0.412. The Morgan fingerprint density at radius 1 is 1.37 bits per heavy atom. The molecule has 1 unspecified atom stereocenters. The molecule has 0 fully saturated rings. The first-order valence-electron chi connectivity index (χ1n) is 6.00. The number of hydrogen-bond donors (Lipinski definition) is 2. The fourth-order valence-corrected chi connectivity index (χ4v) is 1.65. The first-order valence-corrected chi connectivity index (χ1v) is 6.38. The summed E-state index contributed by atoms with van der Waals surface area (Å²) in [7, 11) is 0. The molecule has 104 valence electrons. The van der Waals surface area contributed by atoms with Gasteiger partial charge in [0.15, 0.2) is 0 Å². The van der Waals surface area contributed by atoms with Crippen LogP contribution in [0.1, 0.15) is 20.3 Å². The summed E-state index contributed by atoms with van der Waals surface area (Å²) in [6.07, 6.45) is 0.129. The molecule has 0 heterocycles. The quantitative estimate of drug-likeness (QED) is 0.817. The Labute approximate surface area is 117 Å². The van der Waals surface area contributed by atoms with Crippen molar-refractivity contribution in [2.75, 3.05) is 11.9 Å². The van der Waals surface area contributed by atoms with E-state index in [9.17, 15) is 9.59 Å². The van der Waals surface area contributed by atoms with Crippen LogP contribution in [0.25, 0.3) is 0 Å². The highest BCUT2D eigenvalue weighted by Gasteiger charge is 2.13. The van der Waals surface area contributed by atoms with Crippen molar-refractivity contribution in [2.45, 2.75) is 26.3 Å². The van der Waals surface area contributed by atoms with Crippen LogP contribution in [0.2, 0.25) is 5.02 Å². The van der Waals surface area contributed by atoms with Gasteiger partial charge in [0.05, 0.1) is 23.7 Å². The summed E-state index contributed by atoms with van der Waals surface area (Å²) in [5, 5.41) is 5.70. The molecule has 0 radical (unpaired) electrons. The number of urea groups is 1. The average Bonchev–Trinajstić information content (AvgIpc) is 2.31. The third kappa shape index (κ3) is 5.61. The molecule has 5 nitrogen and oxygen atoms in total. The molecule has 2 amide bonds. The fourth-order valence-electron chi connectivity index (χ4n) is 1.47. The lowest BCUT2D eigenvalue weighted by molar-refractivity contribution is -0.143. The molecule has 19 heavy (non-hydrogen) atoms. The van der Waals surface area contributed by atoms with E-state index in [0.717, 1.165) is 0 Å². The van der Waals surface area contributed by atoms with Crippen molar-refractivity contribution in [1.29, 1.82) is 0 Å². The Bertz CT molecular complexity index is 451. The van der Waals surface area contributed by atoms with Gasteiger partial charge in [0.2, 0.25) is 0 Å². The second-order valence-electron chi connectivity index (χ2n) is 3.99. The van der Waals surface area contributed by atoms with Gasteiger partial charge >= 0.3 is 12.0 Å². The molecule has 1 atom stereocenters. The Kier molecular flexibility index (Phi) is 6.15. The van der Waals surface area contributed by atoms with Crippen LogP contribution in [0, 0.1) is 0 Å². The van der Waals surface area contributed by atoms with Crippen LogP contribution in [0.4, 0.5) is 10.5 Å². The van der Waals surface area contributed by atoms with E-state index in [1.165, 1.54) is 0 Å². The molecule has 0 aliphatic carbocycles. The van der Waals surface area contributed by atoms with Crippen LogP contribution in [0.15, 0.2) is 24.3 Å². The Morgan fingerprint density at radius 2 is 2.05 bits per heavy atom. The summed E-state index contributed by atoms with van der Waals surface area (Å²) in [4.78, 5) is 22.9. The van der Waals surface area contributed by atoms with Crippen LogP contribution >= 0.6 is 11.6 Å². The predicted molar refractivity (Wildman–Crippen MR) is 74.3 cm³/mol. The fraction of sp³-hybridized carbons (Fsp3) is 0.385. The molecule has 0 aliphatic heterocycles. The van der Waals surface area contributed by atoms with Crippen molar-refractivity contribution in [3.05, 3.63) is 29.3 Å². The number of ether oxygens (including phenoxy) is 1. The minimum Gasteiger partial charge on any atom is -0.466 e. The van der Waals surface area contributed by atoms with E-state index in [4.69, 9.17) is 16.3 Å². The van der Waals surface area contributed by atoms with Crippen LogP contribution in [0.3, 0.4) is 0 Å². The number of hydrogen-bond acceptors (Lipinski definition) is 3. The van der Waals surface area contributed by atoms with Crippen molar-refractivity contribution >= 4 is 29.3 Å². The Morgan fingerprint density at radius 3 is 2.68 bits per heavy atom. The topological polar surface area (TPSA) is 67.4 Å². The van der Waals surface area contributed by atoms with Gasteiger partial charge in [-0.1, -0.05) is 23.7 Å². The third-order valence-corrected chi connectivity index (χ3v) is 2.61. The van der Waals surface area contributed by atoms with E-state index in [1.807, 2.05) is 0 Å². The molecule has 0 saturated heterocycles. The van der Waals surface area contributed by atoms with E-state index in [2.05, 4.69) is 10.6 Å². The van der Waals surface area contributed by atoms with Gasteiger partial charge in [-0.15, -0.1) is 0 Å². The van der Waals surface area contributed by atoms with E-state index < -0.39 is 6.03 Å². The summed E-state index contributed by atoms with van der Waals surface area (Å²) in [5.41, 5.74) is 0.519. The zero-order valence-corrected chi connectivity index (χ0v) is 11.7. The monoisotopic (exact) mass is 284 g/mol. The highest BCUT2D eigenvalue weighted by atomic mass is 35.5. The maximum Gasteiger partial charge on any atom is 0.319 e. The first-order chi connectivity index (χ1) is 9.02. The summed E-state index contributed by atoms with van der Waals surface area (Å²) in [6.45, 7) is 3.79. The summed E-state index contributed by atoms with van der Waals surface area (Å²) >= 11 is 5.91. The number of halogens is 1. The molecule has 0 saturated carbocycles. The summed E-state index contributed by atoms with van der Waals surface area (Å²) in [6, 6.07) is 6.18. The average molecular weight is 285 g/mol. The Hall–Kier alpha value is -1.75. The molecule has 0 aliphatic rings. The van der Waals surface area contributed by atoms with Crippen LogP contribution in [-0.2, 0) is 9.53 Å². The van der Waals surface area contributed by atoms with Gasteiger partial charge in [0.1, 0.15) is 0 Å². The number of rotatable bonds is 5. The lowest BCUT2D eigenvalue weighted by Gasteiger charge is -2.14. The van der Waals surface area contributed by atoms with Gasteiger partial charge in [-0.05, 0) is 26.0 Å². The number of nitrogens with one attached hydrogen (secondary N) is 2. The predicted octanol–water partition coefficient (Wildman–Crippen LogP) is 2.80. The lowest BCUT2D eigenvalue weighted by Crippen LogP contribution is -2.37. The largest absolute Gasteiger partial charge is 0.466 e. The first kappa shape index (κ1) is 15.3. The number of amides is 2. The molecular weight excluding hydrogens is 268 g/mol. The maximum absolute atomic E-state index is 11.7. The minimum absolute atomic E-state index is 0.129. The molecule has 0 aromatic heterocycles. The standard InChI is InChI=1S/C13H17ClN2O3/c1-3-19-12(17)8-9(2)15-13(18)16-11-7-5-4-6-10(11)14/h4-7,9H,3,8H2,1-2H3,(H2,15,16,18). The second-order valence-corrected chi connectivity index (χ2v) is 4.40. The zero-order chi connectivity index (χ0) is 14.3. The number of esters is 1. The molecule has 1 aromatic carbocycles. The maximum atomic E-state index is 11.7. The van der Waals surface area contributed by atoms with Crippen LogP contribution in [-0.4, -0.2) is 24.6 Å². The molecule has 0 spiro atoms. The van der Waals surface area contributed by atoms with Gasteiger partial charge in [-0.2, -0.15) is 0 Å². The highest BCUT2D eigenvalue weighted by Crippen LogP contribution is 2.20. The molecule has 1 aromatic rings. The summed E-state index contributed by atoms with van der Waals surface area (Å²) < 4.78 is 4.80. The van der Waals surface area contributed by atoms with Crippen molar-refractivity contribution in [3.63, 3.8) is 0 Å². The van der Waals surface area contributed by atoms with Crippen molar-refractivity contribution in [1.82, 2.24) is 5.32 Å². The van der Waals surface area contributed by atoms with Gasteiger partial charge < -0.3 is 15.4 Å². The van der Waals surface area contributed by atoms with E-state index >= 15 is 0 Å². The molecule has 0 bridgehead atoms. The van der Waals surface area contributed by atoms with Crippen molar-refractivity contribution in [2.24, 2.45) is 0 Å². The summed E-state index contributed by atoms with van der Waals surface area (Å²) in [5.74, 6) is -0.340. The van der Waals surface area contributed by atoms with E-state index in [1.54, 1.807) is 38.1 Å². The van der Waals surface area contributed by atoms with Gasteiger partial charge in [-0.25, -0.2) is 4.79 Å². The van der Waals surface area contributed by atoms with Crippen LogP contribution in [0.5, 0.6) is 0 Å². The number of carbonyl (C=O) groups is 2. The van der Waals surface area contributed by atoms with E-state index in [0.29, 0.717) is 17.3 Å². The van der Waals surface area contributed by atoms with Crippen molar-refractivity contribution in [3.8, 4) is 0 Å². The second kappa shape index (κ2) is 7.63. The van der Waals surface area contributed by atoms with E-state index in [-0.39, 0.29) is 18.4 Å². The number of carbonyl (C=O) groups excluding carboxylic acids is 2. The van der Waals surface area contributed by atoms with Crippen LogP contribution < -0.4 is 10.6 Å². The lowest BCUT2D eigenvalue weighted by atomic mass is 10.2. The SMILES string of the molecule is CCOC(=O)CC(C)NC(=O)Nc1ccccc1Cl. The molecule has 2 N–H and O–H groups in total. The number of para-hydroxylation sites is 1. The zero-order valence-electron chi connectivity index (χ0n) is 10.9. The smallest absolute Gasteiger partial charge is 0.319 e. The highest BCUT2D eigenvalue weighted by molar-refractivity contribution is 6.33. The van der Waals surface area contributed by atoms with Crippen molar-refractivity contribution < 1.29 is 14.3 Å². The molecule has 1 rings (SSSR count). The molecule has 6 heteroatoms. The number of benzene rings is 1. The normalized spacial score (nSPS) is 11.5. The van der Waals surface area contributed by atoms with Gasteiger partial charge in [0, 0.05) is 6.04 Å². The Balaban J connectivity index is 2.43. The third-order valence-electron chi connectivity index (χ3n) is 2.28.